The Hall–Kier alpha value is -2.03. The summed E-state index contributed by atoms with van der Waals surface area (Å²) in [6, 6.07) is -0.0421. The van der Waals surface area contributed by atoms with Gasteiger partial charge in [-0.25, -0.2) is 26.7 Å². The van der Waals surface area contributed by atoms with Crippen molar-refractivity contribution in [3.05, 3.63) is 34.6 Å². The molecule has 1 aliphatic rings. The molecule has 2 rings (SSSR count). The summed E-state index contributed by atoms with van der Waals surface area (Å²) in [6.07, 6.45) is -2.66. The summed E-state index contributed by atoms with van der Waals surface area (Å²) < 4.78 is 65.9. The van der Waals surface area contributed by atoms with Crippen LogP contribution in [0.15, 0.2) is 22.1 Å². The molecule has 24 heavy (non-hydrogen) atoms. The van der Waals surface area contributed by atoms with E-state index in [1.807, 2.05) is 0 Å². The highest BCUT2D eigenvalue weighted by Crippen LogP contribution is 2.34. The van der Waals surface area contributed by atoms with Crippen molar-refractivity contribution in [3.63, 3.8) is 0 Å². The Morgan fingerprint density at radius 1 is 1.33 bits per heavy atom. The largest absolute Gasteiger partial charge is 0.480 e. The first-order valence-electron chi connectivity index (χ1n) is 6.51. The van der Waals surface area contributed by atoms with Gasteiger partial charge in [-0.1, -0.05) is 17.7 Å². The quantitative estimate of drug-likeness (QED) is 0.492. The summed E-state index contributed by atoms with van der Waals surface area (Å²) in [5.41, 5.74) is -1.57. The summed E-state index contributed by atoms with van der Waals surface area (Å²) >= 11 is 5.53. The number of hydrogen-bond donors (Lipinski definition) is 1. The van der Waals surface area contributed by atoms with Crippen molar-refractivity contribution in [1.82, 2.24) is 0 Å². The second-order valence-corrected chi connectivity index (χ2v) is 5.48. The van der Waals surface area contributed by atoms with E-state index in [4.69, 9.17) is 16.7 Å². The Morgan fingerprint density at radius 2 is 2.00 bits per heavy atom. The fourth-order valence-electron chi connectivity index (χ4n) is 2.17. The van der Waals surface area contributed by atoms with Gasteiger partial charge in [0.2, 0.25) is 5.00 Å². The maximum absolute atomic E-state index is 14.3. The van der Waals surface area contributed by atoms with E-state index in [9.17, 15) is 26.7 Å². The van der Waals surface area contributed by atoms with Gasteiger partial charge in [-0.15, -0.1) is 0 Å². The van der Waals surface area contributed by atoms with Gasteiger partial charge in [-0.2, -0.15) is 0 Å². The highest BCUT2D eigenvalue weighted by atomic mass is 35.5. The van der Waals surface area contributed by atoms with Gasteiger partial charge in [0.15, 0.2) is 6.04 Å². The van der Waals surface area contributed by atoms with Crippen LogP contribution < -0.4 is 0 Å². The number of benzene rings is 1. The minimum Gasteiger partial charge on any atom is -0.480 e. The molecule has 130 valence electrons. The van der Waals surface area contributed by atoms with Gasteiger partial charge < -0.3 is 5.11 Å². The molecule has 1 aromatic rings. The summed E-state index contributed by atoms with van der Waals surface area (Å²) in [7, 11) is 0. The number of aliphatic carboxylic acids is 1. The molecule has 4 nitrogen and oxygen atoms in total. The zero-order valence-electron chi connectivity index (χ0n) is 11.8. The summed E-state index contributed by atoms with van der Waals surface area (Å²) in [4.78, 5) is 15.2. The maximum atomic E-state index is 14.3. The van der Waals surface area contributed by atoms with E-state index in [0.717, 1.165) is 12.1 Å². The number of nitrogens with zero attached hydrogens (tertiary/aromatic N) is 2. The fraction of sp³-hybridized carbons (Fsp3) is 0.357. The molecule has 1 aliphatic heterocycles. The summed E-state index contributed by atoms with van der Waals surface area (Å²) in [6.45, 7) is -2.41. The highest BCUT2D eigenvalue weighted by Gasteiger charge is 2.51. The molecule has 0 bridgehead atoms. The lowest BCUT2D eigenvalue weighted by Crippen LogP contribution is -2.48. The second-order valence-electron chi connectivity index (χ2n) is 4.87. The predicted molar refractivity (Wildman–Crippen MR) is 77.1 cm³/mol. The lowest BCUT2D eigenvalue weighted by Gasteiger charge is -2.29. The van der Waals surface area contributed by atoms with Gasteiger partial charge in [-0.3, -0.25) is 9.98 Å². The minimum absolute atomic E-state index is 0.221. The van der Waals surface area contributed by atoms with E-state index in [2.05, 4.69) is 9.98 Å². The van der Waals surface area contributed by atoms with Crippen LogP contribution in [-0.2, 0) is 18.1 Å². The van der Waals surface area contributed by atoms with Crippen LogP contribution in [0.2, 0.25) is 0 Å². The molecule has 0 saturated carbocycles. The first kappa shape index (κ1) is 18.3. The SMILES string of the molecule is O=C(O)C1N=C(c2ccc(CF)c(CF)c2F)C=NC1(Cl)C(F)F. The van der Waals surface area contributed by atoms with Crippen LogP contribution in [0.1, 0.15) is 16.7 Å². The Kier molecular flexibility index (Phi) is 5.22. The van der Waals surface area contributed by atoms with E-state index < -0.39 is 53.9 Å². The zero-order chi connectivity index (χ0) is 18.1. The van der Waals surface area contributed by atoms with Gasteiger partial charge in [-0.05, 0) is 11.6 Å². The lowest BCUT2D eigenvalue weighted by molar-refractivity contribution is -0.140. The van der Waals surface area contributed by atoms with Gasteiger partial charge in [0, 0.05) is 17.3 Å². The molecule has 0 fully saturated rings. The fourth-order valence-corrected chi connectivity index (χ4v) is 2.36. The van der Waals surface area contributed by atoms with Crippen molar-refractivity contribution in [3.8, 4) is 0 Å². The van der Waals surface area contributed by atoms with Crippen LogP contribution in [0.3, 0.4) is 0 Å². The molecule has 0 radical (unpaired) electrons. The van der Waals surface area contributed by atoms with Crippen LogP contribution in [-0.4, -0.2) is 40.5 Å². The van der Waals surface area contributed by atoms with Crippen LogP contribution >= 0.6 is 11.6 Å². The molecular weight excluding hydrogens is 359 g/mol. The number of carboxylic acids is 1. The van der Waals surface area contributed by atoms with Gasteiger partial charge in [0.05, 0.1) is 5.71 Å². The summed E-state index contributed by atoms with van der Waals surface area (Å²) in [5.74, 6) is -2.95. The molecule has 2 atom stereocenters. The number of carbonyl (C=O) groups is 1. The highest BCUT2D eigenvalue weighted by molar-refractivity contribution is 6.41. The normalized spacial score (nSPS) is 23.5. The zero-order valence-corrected chi connectivity index (χ0v) is 12.6. The topological polar surface area (TPSA) is 62.0 Å². The molecule has 0 saturated heterocycles. The molecule has 0 aliphatic carbocycles. The van der Waals surface area contributed by atoms with Crippen molar-refractivity contribution >= 4 is 29.5 Å². The smallest absolute Gasteiger partial charge is 0.332 e. The second kappa shape index (κ2) is 6.84. The van der Waals surface area contributed by atoms with Crippen LogP contribution in [0.25, 0.3) is 0 Å². The third-order valence-electron chi connectivity index (χ3n) is 3.47. The van der Waals surface area contributed by atoms with Crippen molar-refractivity contribution in [2.75, 3.05) is 0 Å². The average molecular weight is 369 g/mol. The average Bonchev–Trinajstić information content (AvgIpc) is 2.54. The maximum Gasteiger partial charge on any atom is 0.332 e. The monoisotopic (exact) mass is 368 g/mol. The van der Waals surface area contributed by atoms with Crippen LogP contribution in [0.5, 0.6) is 0 Å². The predicted octanol–water partition coefficient (Wildman–Crippen LogP) is 3.29. The van der Waals surface area contributed by atoms with Gasteiger partial charge >= 0.3 is 5.97 Å². The van der Waals surface area contributed by atoms with E-state index >= 15 is 0 Å². The van der Waals surface area contributed by atoms with E-state index in [0.29, 0.717) is 6.21 Å². The molecule has 1 heterocycles. The molecule has 2 unspecified atom stereocenters. The number of alkyl halides is 5. The third kappa shape index (κ3) is 3.00. The summed E-state index contributed by atoms with van der Waals surface area (Å²) in [5, 5.41) is 9.04. The molecule has 0 amide bonds. The van der Waals surface area contributed by atoms with Gasteiger partial charge in [0.1, 0.15) is 19.2 Å². The number of aliphatic imine (C=N–C) groups is 2. The van der Waals surface area contributed by atoms with Crippen LogP contribution in [0.4, 0.5) is 22.0 Å². The third-order valence-corrected chi connectivity index (χ3v) is 3.94. The van der Waals surface area contributed by atoms with Crippen molar-refractivity contribution < 1.29 is 31.9 Å². The number of hydrogen-bond acceptors (Lipinski definition) is 3. The first-order chi connectivity index (χ1) is 11.3. The first-order valence-corrected chi connectivity index (χ1v) is 6.89. The van der Waals surface area contributed by atoms with E-state index in [-0.39, 0.29) is 11.1 Å². The number of rotatable bonds is 5. The Balaban J connectivity index is 2.55. The Morgan fingerprint density at radius 3 is 2.50 bits per heavy atom. The standard InChI is InChI=1S/C14H10ClF5N2O2/c15-14(13(19)20)11(12(23)24)22-9(5-21-14)7-2-1-6(3-16)8(4-17)10(7)18/h1-2,5,11,13H,3-4H2,(H,23,24). The molecule has 0 spiro atoms. The van der Waals surface area contributed by atoms with E-state index in [1.54, 1.807) is 0 Å². The minimum atomic E-state index is -3.35. The number of carboxylic acid groups (broad SMARTS) is 1. The molecule has 1 aromatic carbocycles. The molecular formula is C14H10ClF5N2O2. The molecule has 10 heteroatoms. The molecule has 1 N–H and O–H groups in total. The Labute approximate surface area is 137 Å². The van der Waals surface area contributed by atoms with Crippen molar-refractivity contribution in [1.29, 1.82) is 0 Å². The Bertz CT molecular complexity index is 725. The van der Waals surface area contributed by atoms with Crippen molar-refractivity contribution in [2.24, 2.45) is 9.98 Å². The van der Waals surface area contributed by atoms with Gasteiger partial charge in [0.25, 0.3) is 6.43 Å². The van der Waals surface area contributed by atoms with Crippen LogP contribution in [0, 0.1) is 5.82 Å². The lowest BCUT2D eigenvalue weighted by atomic mass is 9.99. The van der Waals surface area contributed by atoms with E-state index in [1.165, 1.54) is 0 Å². The number of halogens is 6. The molecule has 0 aromatic heterocycles. The van der Waals surface area contributed by atoms with Crippen molar-refractivity contribution in [2.45, 2.75) is 30.8 Å².